The molecular formula is C15H21N3S. The van der Waals surface area contributed by atoms with Gasteiger partial charge in [-0.15, -0.1) is 11.3 Å². The molecule has 0 spiro atoms. The highest BCUT2D eigenvalue weighted by molar-refractivity contribution is 7.18. The first-order valence-electron chi connectivity index (χ1n) is 6.99. The zero-order valence-electron chi connectivity index (χ0n) is 11.8. The summed E-state index contributed by atoms with van der Waals surface area (Å²) < 4.78 is 1.19. The van der Waals surface area contributed by atoms with E-state index in [1.54, 1.807) is 11.3 Å². The number of anilines is 2. The summed E-state index contributed by atoms with van der Waals surface area (Å²) in [6, 6.07) is 4.87. The molecule has 1 aromatic heterocycles. The van der Waals surface area contributed by atoms with Gasteiger partial charge in [-0.3, -0.25) is 0 Å². The topological polar surface area (TPSA) is 42.2 Å². The Kier molecular flexibility index (Phi) is 3.13. The Labute approximate surface area is 118 Å². The number of aryl methyl sites for hydroxylation is 1. The van der Waals surface area contributed by atoms with Crippen LogP contribution in [0.15, 0.2) is 12.1 Å². The average Bonchev–Trinajstić information content (AvgIpc) is 2.92. The third-order valence-electron chi connectivity index (χ3n) is 4.02. The van der Waals surface area contributed by atoms with Gasteiger partial charge in [0.2, 0.25) is 0 Å². The third kappa shape index (κ3) is 2.18. The van der Waals surface area contributed by atoms with Crippen molar-refractivity contribution in [2.45, 2.75) is 39.7 Å². The highest BCUT2D eigenvalue weighted by atomic mass is 32.1. The van der Waals surface area contributed by atoms with Gasteiger partial charge >= 0.3 is 0 Å². The van der Waals surface area contributed by atoms with Gasteiger partial charge in [0.25, 0.3) is 0 Å². The number of hydrogen-bond donors (Lipinski definition) is 1. The summed E-state index contributed by atoms with van der Waals surface area (Å²) in [6.45, 7) is 7.75. The maximum atomic E-state index is 6.28. The minimum absolute atomic E-state index is 0.611. The van der Waals surface area contributed by atoms with Crippen LogP contribution < -0.4 is 10.6 Å². The summed E-state index contributed by atoms with van der Waals surface area (Å²) in [4.78, 5) is 7.07. The van der Waals surface area contributed by atoms with E-state index in [9.17, 15) is 0 Å². The summed E-state index contributed by atoms with van der Waals surface area (Å²) in [5.41, 5.74) is 9.43. The Bertz CT molecular complexity index is 603. The Morgan fingerprint density at radius 1 is 1.42 bits per heavy atom. The van der Waals surface area contributed by atoms with Gasteiger partial charge < -0.3 is 10.6 Å². The molecule has 0 saturated carbocycles. The summed E-state index contributed by atoms with van der Waals surface area (Å²) in [6.07, 6.45) is 2.53. The first-order chi connectivity index (χ1) is 9.06. The van der Waals surface area contributed by atoms with E-state index < -0.39 is 0 Å². The smallest absolute Gasteiger partial charge is 0.0907 e. The lowest BCUT2D eigenvalue weighted by molar-refractivity contribution is 0.492. The van der Waals surface area contributed by atoms with Crippen molar-refractivity contribution in [3.8, 4) is 0 Å². The van der Waals surface area contributed by atoms with Crippen LogP contribution in [0.25, 0.3) is 10.2 Å². The molecule has 0 radical (unpaired) electrons. The molecule has 0 aliphatic carbocycles. The number of nitrogen functional groups attached to an aromatic ring is 1. The van der Waals surface area contributed by atoms with E-state index >= 15 is 0 Å². The summed E-state index contributed by atoms with van der Waals surface area (Å²) >= 11 is 1.72. The molecule has 1 saturated heterocycles. The van der Waals surface area contributed by atoms with Gasteiger partial charge in [-0.25, -0.2) is 4.98 Å². The normalized spacial score (nSPS) is 19.8. The van der Waals surface area contributed by atoms with Crippen molar-refractivity contribution in [2.75, 3.05) is 17.2 Å². The maximum absolute atomic E-state index is 6.28. The van der Waals surface area contributed by atoms with Gasteiger partial charge in [0.05, 0.1) is 26.6 Å². The van der Waals surface area contributed by atoms with Crippen molar-refractivity contribution in [3.05, 3.63) is 17.1 Å². The maximum Gasteiger partial charge on any atom is 0.0907 e. The van der Waals surface area contributed by atoms with E-state index in [0.29, 0.717) is 12.0 Å². The van der Waals surface area contributed by atoms with Gasteiger partial charge in [-0.05, 0) is 37.8 Å². The fourth-order valence-electron chi connectivity index (χ4n) is 3.13. The van der Waals surface area contributed by atoms with Crippen molar-refractivity contribution < 1.29 is 0 Å². The first kappa shape index (κ1) is 12.7. The Morgan fingerprint density at radius 3 is 2.95 bits per heavy atom. The van der Waals surface area contributed by atoms with Crippen LogP contribution in [0.2, 0.25) is 0 Å². The molecule has 102 valence electrons. The van der Waals surface area contributed by atoms with Crippen LogP contribution in [0.1, 0.15) is 31.7 Å². The van der Waals surface area contributed by atoms with Gasteiger partial charge in [0.1, 0.15) is 0 Å². The SMILES string of the molecule is Cc1nc2cc(N3CCCC3C(C)C)c(N)cc2s1. The Balaban J connectivity index is 2.06. The second-order valence-corrected chi connectivity index (χ2v) is 6.99. The number of hydrogen-bond acceptors (Lipinski definition) is 4. The number of aromatic nitrogens is 1. The highest BCUT2D eigenvalue weighted by Crippen LogP contribution is 2.37. The van der Waals surface area contributed by atoms with Crippen LogP contribution in [-0.2, 0) is 0 Å². The number of fused-ring (bicyclic) bond motifs is 1. The van der Waals surface area contributed by atoms with E-state index in [2.05, 4.69) is 35.9 Å². The van der Waals surface area contributed by atoms with Crippen molar-refractivity contribution in [1.82, 2.24) is 4.98 Å². The molecular weight excluding hydrogens is 254 g/mol. The van der Waals surface area contributed by atoms with Crippen LogP contribution in [0.5, 0.6) is 0 Å². The summed E-state index contributed by atoms with van der Waals surface area (Å²) in [5.74, 6) is 0.662. The van der Waals surface area contributed by atoms with Gasteiger partial charge in [-0.1, -0.05) is 13.8 Å². The lowest BCUT2D eigenvalue weighted by Crippen LogP contribution is -2.33. The number of thiazole rings is 1. The van der Waals surface area contributed by atoms with Crippen LogP contribution in [0.4, 0.5) is 11.4 Å². The van der Waals surface area contributed by atoms with Crippen LogP contribution in [0, 0.1) is 12.8 Å². The van der Waals surface area contributed by atoms with Gasteiger partial charge in [0, 0.05) is 12.6 Å². The summed E-state index contributed by atoms with van der Waals surface area (Å²) in [5, 5.41) is 1.10. The molecule has 1 aromatic carbocycles. The van der Waals surface area contributed by atoms with Crippen LogP contribution >= 0.6 is 11.3 Å². The van der Waals surface area contributed by atoms with E-state index in [1.807, 2.05) is 6.92 Å². The summed E-state index contributed by atoms with van der Waals surface area (Å²) in [7, 11) is 0. The minimum atomic E-state index is 0.611. The number of rotatable bonds is 2. The predicted octanol–water partition coefficient (Wildman–Crippen LogP) is 3.81. The molecule has 3 rings (SSSR count). The Morgan fingerprint density at radius 2 is 2.21 bits per heavy atom. The predicted molar refractivity (Wildman–Crippen MR) is 84.0 cm³/mol. The van der Waals surface area contributed by atoms with E-state index in [1.165, 1.54) is 23.2 Å². The molecule has 19 heavy (non-hydrogen) atoms. The lowest BCUT2D eigenvalue weighted by Gasteiger charge is -2.30. The molecule has 4 heteroatoms. The molecule has 2 N–H and O–H groups in total. The average molecular weight is 275 g/mol. The minimum Gasteiger partial charge on any atom is -0.397 e. The molecule has 1 aliphatic rings. The molecule has 1 atom stereocenters. The quantitative estimate of drug-likeness (QED) is 0.847. The van der Waals surface area contributed by atoms with E-state index in [-0.39, 0.29) is 0 Å². The first-order valence-corrected chi connectivity index (χ1v) is 7.81. The standard InChI is InChI=1S/C15H21N3S/c1-9(2)13-5-4-6-18(13)14-8-12-15(7-11(14)16)19-10(3)17-12/h7-9,13H,4-6,16H2,1-3H3. The van der Waals surface area contributed by atoms with Gasteiger partial charge in [0.15, 0.2) is 0 Å². The Hall–Kier alpha value is -1.29. The third-order valence-corrected chi connectivity index (χ3v) is 4.96. The molecule has 1 unspecified atom stereocenters. The van der Waals surface area contributed by atoms with E-state index in [0.717, 1.165) is 22.8 Å². The fraction of sp³-hybridized carbons (Fsp3) is 0.533. The van der Waals surface area contributed by atoms with Crippen molar-refractivity contribution in [3.63, 3.8) is 0 Å². The monoisotopic (exact) mass is 275 g/mol. The molecule has 0 amide bonds. The molecule has 2 heterocycles. The van der Waals surface area contributed by atoms with Crippen LogP contribution in [-0.4, -0.2) is 17.6 Å². The van der Waals surface area contributed by atoms with Crippen molar-refractivity contribution >= 4 is 32.9 Å². The molecule has 2 aromatic rings. The number of nitrogens with zero attached hydrogens (tertiary/aromatic N) is 2. The molecule has 3 nitrogen and oxygen atoms in total. The lowest BCUT2D eigenvalue weighted by atomic mass is 10.0. The van der Waals surface area contributed by atoms with Crippen molar-refractivity contribution in [2.24, 2.45) is 5.92 Å². The number of nitrogens with two attached hydrogens (primary N) is 1. The van der Waals surface area contributed by atoms with Gasteiger partial charge in [-0.2, -0.15) is 0 Å². The van der Waals surface area contributed by atoms with Crippen molar-refractivity contribution in [1.29, 1.82) is 0 Å². The van der Waals surface area contributed by atoms with Crippen LogP contribution in [0.3, 0.4) is 0 Å². The molecule has 0 bridgehead atoms. The zero-order valence-corrected chi connectivity index (χ0v) is 12.6. The number of benzene rings is 1. The zero-order chi connectivity index (χ0) is 13.6. The highest BCUT2D eigenvalue weighted by Gasteiger charge is 2.28. The van der Waals surface area contributed by atoms with E-state index in [4.69, 9.17) is 5.73 Å². The molecule has 1 fully saturated rings. The largest absolute Gasteiger partial charge is 0.397 e. The second-order valence-electron chi connectivity index (χ2n) is 5.76. The molecule has 1 aliphatic heterocycles. The second kappa shape index (κ2) is 4.67. The fourth-order valence-corrected chi connectivity index (χ4v) is 3.98.